The number of aromatic amines is 1. The Bertz CT molecular complexity index is 888. The van der Waals surface area contributed by atoms with Crippen LogP contribution >= 0.6 is 12.4 Å². The highest BCUT2D eigenvalue weighted by atomic mass is 35.5. The van der Waals surface area contributed by atoms with Crippen molar-refractivity contribution >= 4 is 18.3 Å². The molecule has 28 heavy (non-hydrogen) atoms. The van der Waals surface area contributed by atoms with E-state index in [4.69, 9.17) is 0 Å². The number of halogens is 1. The molecule has 0 aromatic carbocycles. The number of hydrogen-bond donors (Lipinski definition) is 3. The van der Waals surface area contributed by atoms with E-state index in [1.54, 1.807) is 17.1 Å². The van der Waals surface area contributed by atoms with Crippen LogP contribution in [0.3, 0.4) is 0 Å². The minimum Gasteiger partial charge on any atom is -0.347 e. The van der Waals surface area contributed by atoms with Gasteiger partial charge in [-0.1, -0.05) is 0 Å². The number of rotatable bonds is 6. The number of nitrogens with one attached hydrogen (secondary N) is 3. The number of hydrogen-bond acceptors (Lipinski definition) is 6. The SMILES string of the molecule is Cl.O=C(Cn1ccc(C2CCCNC2)n1)NCc1nc(-c2ccncc2)n[nH]1. The van der Waals surface area contributed by atoms with Crippen LogP contribution in [0.4, 0.5) is 0 Å². The number of carbonyl (C=O) groups is 1. The first kappa shape index (κ1) is 20.0. The van der Waals surface area contributed by atoms with E-state index in [2.05, 4.69) is 35.9 Å². The molecule has 3 aromatic heterocycles. The maximum Gasteiger partial charge on any atom is 0.242 e. The van der Waals surface area contributed by atoms with E-state index in [-0.39, 0.29) is 31.4 Å². The van der Waals surface area contributed by atoms with Crippen LogP contribution in [0, 0.1) is 0 Å². The number of aromatic nitrogens is 6. The van der Waals surface area contributed by atoms with Crippen molar-refractivity contribution in [2.24, 2.45) is 0 Å². The Balaban J connectivity index is 0.00000225. The average Bonchev–Trinajstić information content (AvgIpc) is 3.37. The molecule has 1 unspecified atom stereocenters. The van der Waals surface area contributed by atoms with Crippen molar-refractivity contribution in [1.29, 1.82) is 0 Å². The molecule has 1 amide bonds. The topological polar surface area (TPSA) is 113 Å². The zero-order valence-electron chi connectivity index (χ0n) is 15.3. The van der Waals surface area contributed by atoms with E-state index in [9.17, 15) is 4.79 Å². The van der Waals surface area contributed by atoms with Gasteiger partial charge >= 0.3 is 0 Å². The highest BCUT2D eigenvalue weighted by Gasteiger charge is 2.18. The third-order valence-electron chi connectivity index (χ3n) is 4.61. The number of H-pyrrole nitrogens is 1. The summed E-state index contributed by atoms with van der Waals surface area (Å²) in [5.41, 5.74) is 1.92. The summed E-state index contributed by atoms with van der Waals surface area (Å²) in [7, 11) is 0. The summed E-state index contributed by atoms with van der Waals surface area (Å²) in [5, 5.41) is 17.8. The second kappa shape index (κ2) is 9.43. The highest BCUT2D eigenvalue weighted by Crippen LogP contribution is 2.21. The van der Waals surface area contributed by atoms with Crippen LogP contribution in [-0.4, -0.2) is 48.9 Å². The molecule has 0 spiro atoms. The van der Waals surface area contributed by atoms with Gasteiger partial charge in [-0.05, 0) is 37.6 Å². The standard InChI is InChI=1S/C18H22N8O.ClH/c27-17(12-26-9-5-15(25-26)14-2-1-6-20-10-14)21-11-16-22-18(24-23-16)13-3-7-19-8-4-13;/h3-5,7-9,14,20H,1-2,6,10-12H2,(H,21,27)(H,22,23,24);1H. The molecular formula is C18H23ClN8O. The van der Waals surface area contributed by atoms with Gasteiger partial charge in [0.15, 0.2) is 5.82 Å². The van der Waals surface area contributed by atoms with Gasteiger partial charge in [0, 0.05) is 36.6 Å². The maximum absolute atomic E-state index is 12.2. The van der Waals surface area contributed by atoms with Crippen LogP contribution < -0.4 is 10.6 Å². The van der Waals surface area contributed by atoms with Gasteiger partial charge < -0.3 is 10.6 Å². The average molecular weight is 403 g/mol. The molecule has 1 atom stereocenters. The number of carbonyl (C=O) groups excluding carboxylic acids is 1. The largest absolute Gasteiger partial charge is 0.347 e. The smallest absolute Gasteiger partial charge is 0.242 e. The second-order valence-corrected chi connectivity index (χ2v) is 6.60. The third kappa shape index (κ3) is 4.93. The Kier molecular flexibility index (Phi) is 6.72. The summed E-state index contributed by atoms with van der Waals surface area (Å²) in [5.74, 6) is 1.50. The lowest BCUT2D eigenvalue weighted by molar-refractivity contribution is -0.122. The molecule has 10 heteroatoms. The fraction of sp³-hybridized carbons (Fsp3) is 0.389. The molecule has 3 aromatic rings. The van der Waals surface area contributed by atoms with E-state index in [0.29, 0.717) is 17.6 Å². The minimum atomic E-state index is -0.117. The summed E-state index contributed by atoms with van der Waals surface area (Å²) < 4.78 is 1.68. The van der Waals surface area contributed by atoms with E-state index >= 15 is 0 Å². The summed E-state index contributed by atoms with van der Waals surface area (Å²) >= 11 is 0. The van der Waals surface area contributed by atoms with E-state index in [1.807, 2.05) is 24.4 Å². The molecule has 0 bridgehead atoms. The summed E-state index contributed by atoms with van der Waals surface area (Å²) in [6, 6.07) is 5.67. The van der Waals surface area contributed by atoms with E-state index < -0.39 is 0 Å². The predicted octanol–water partition coefficient (Wildman–Crippen LogP) is 1.27. The summed E-state index contributed by atoms with van der Waals surface area (Å²) in [4.78, 5) is 20.6. The fourth-order valence-corrected chi connectivity index (χ4v) is 3.18. The minimum absolute atomic E-state index is 0. The highest BCUT2D eigenvalue weighted by molar-refractivity contribution is 5.85. The van der Waals surface area contributed by atoms with Crippen LogP contribution in [0.1, 0.15) is 30.3 Å². The first-order valence-electron chi connectivity index (χ1n) is 9.10. The summed E-state index contributed by atoms with van der Waals surface area (Å²) in [6.07, 6.45) is 7.54. The molecule has 1 saturated heterocycles. The molecule has 0 radical (unpaired) electrons. The zero-order valence-corrected chi connectivity index (χ0v) is 16.2. The number of nitrogens with zero attached hydrogens (tertiary/aromatic N) is 5. The molecule has 1 aliphatic heterocycles. The number of pyridine rings is 1. The zero-order chi connectivity index (χ0) is 18.5. The van der Waals surface area contributed by atoms with Crippen LogP contribution in [0.5, 0.6) is 0 Å². The molecule has 148 valence electrons. The van der Waals surface area contributed by atoms with Crippen LogP contribution in [0.15, 0.2) is 36.8 Å². The second-order valence-electron chi connectivity index (χ2n) is 6.60. The Morgan fingerprint density at radius 3 is 2.93 bits per heavy atom. The Hall–Kier alpha value is -2.78. The monoisotopic (exact) mass is 402 g/mol. The van der Waals surface area contributed by atoms with Crippen molar-refractivity contribution in [2.45, 2.75) is 31.8 Å². The van der Waals surface area contributed by atoms with Crippen molar-refractivity contribution in [3.63, 3.8) is 0 Å². The molecule has 1 aliphatic rings. The molecule has 9 nitrogen and oxygen atoms in total. The molecule has 4 heterocycles. The Morgan fingerprint density at radius 2 is 2.14 bits per heavy atom. The van der Waals surface area contributed by atoms with Gasteiger partial charge in [0.05, 0.1) is 12.2 Å². The van der Waals surface area contributed by atoms with Gasteiger partial charge in [-0.25, -0.2) is 4.98 Å². The normalized spacial score (nSPS) is 16.4. The van der Waals surface area contributed by atoms with E-state index in [1.165, 1.54) is 0 Å². The molecule has 1 fully saturated rings. The lowest BCUT2D eigenvalue weighted by Crippen LogP contribution is -2.29. The van der Waals surface area contributed by atoms with Gasteiger partial charge in [-0.2, -0.15) is 10.2 Å². The number of piperidine rings is 1. The molecule has 4 rings (SSSR count). The first-order valence-corrected chi connectivity index (χ1v) is 9.10. The predicted molar refractivity (Wildman–Crippen MR) is 106 cm³/mol. The van der Waals surface area contributed by atoms with Crippen molar-refractivity contribution in [3.05, 3.63) is 48.3 Å². The van der Waals surface area contributed by atoms with Crippen LogP contribution in [0.2, 0.25) is 0 Å². The van der Waals surface area contributed by atoms with Crippen LogP contribution in [0.25, 0.3) is 11.4 Å². The quantitative estimate of drug-likeness (QED) is 0.572. The molecule has 0 aliphatic carbocycles. The Labute approximate surface area is 168 Å². The van der Waals surface area contributed by atoms with Crippen molar-refractivity contribution in [2.75, 3.05) is 13.1 Å². The third-order valence-corrected chi connectivity index (χ3v) is 4.61. The van der Waals surface area contributed by atoms with Gasteiger partial charge in [-0.3, -0.25) is 19.6 Å². The van der Waals surface area contributed by atoms with Crippen molar-refractivity contribution in [1.82, 2.24) is 40.6 Å². The van der Waals surface area contributed by atoms with Gasteiger partial charge in [0.25, 0.3) is 0 Å². The fourth-order valence-electron chi connectivity index (χ4n) is 3.18. The van der Waals surface area contributed by atoms with Gasteiger partial charge in [0.2, 0.25) is 5.91 Å². The first-order chi connectivity index (χ1) is 13.3. The Morgan fingerprint density at radius 1 is 1.29 bits per heavy atom. The summed E-state index contributed by atoms with van der Waals surface area (Å²) in [6.45, 7) is 2.50. The molecular weight excluding hydrogens is 380 g/mol. The van der Waals surface area contributed by atoms with Gasteiger partial charge in [-0.15, -0.1) is 12.4 Å². The number of amides is 1. The van der Waals surface area contributed by atoms with Crippen LogP contribution in [-0.2, 0) is 17.9 Å². The van der Waals surface area contributed by atoms with E-state index in [0.717, 1.165) is 37.2 Å². The van der Waals surface area contributed by atoms with Crippen molar-refractivity contribution < 1.29 is 4.79 Å². The molecule has 3 N–H and O–H groups in total. The lowest BCUT2D eigenvalue weighted by Gasteiger charge is -2.20. The lowest BCUT2D eigenvalue weighted by atomic mass is 9.97. The van der Waals surface area contributed by atoms with Crippen molar-refractivity contribution in [3.8, 4) is 11.4 Å². The maximum atomic E-state index is 12.2. The van der Waals surface area contributed by atoms with Gasteiger partial charge in [0.1, 0.15) is 12.4 Å². The molecule has 0 saturated carbocycles.